The smallest absolute Gasteiger partial charge is 0.256 e. The van der Waals surface area contributed by atoms with Crippen LogP contribution in [0.1, 0.15) is 42.5 Å². The third kappa shape index (κ3) is 2.95. The van der Waals surface area contributed by atoms with Gasteiger partial charge < -0.3 is 5.32 Å². The molecule has 1 N–H and O–H groups in total. The van der Waals surface area contributed by atoms with Gasteiger partial charge in [0.2, 0.25) is 0 Å². The first-order valence-electron chi connectivity index (χ1n) is 6.26. The number of nitrogens with one attached hydrogen (secondary N) is 1. The van der Waals surface area contributed by atoms with Crippen molar-refractivity contribution in [1.82, 2.24) is 5.32 Å². The molecule has 2 rings (SSSR count). The second-order valence-corrected chi connectivity index (χ2v) is 5.66. The van der Waals surface area contributed by atoms with Crippen molar-refractivity contribution in [3.05, 3.63) is 34.1 Å². The Morgan fingerprint density at radius 2 is 2.05 bits per heavy atom. The topological polar surface area (TPSA) is 52.9 Å². The number of carbonyl (C=O) groups is 1. The summed E-state index contributed by atoms with van der Waals surface area (Å²) in [6.45, 7) is 0. The molecule has 100 valence electrons. The summed E-state index contributed by atoms with van der Waals surface area (Å²) in [6.07, 6.45) is 4.14. The second kappa shape index (κ2) is 5.70. The van der Waals surface area contributed by atoms with Crippen LogP contribution in [0.25, 0.3) is 0 Å². The van der Waals surface area contributed by atoms with Crippen LogP contribution < -0.4 is 5.32 Å². The van der Waals surface area contributed by atoms with E-state index < -0.39 is 17.3 Å². The van der Waals surface area contributed by atoms with Crippen molar-refractivity contribution in [3.63, 3.8) is 0 Å². The molecule has 3 nitrogen and oxygen atoms in total. The van der Waals surface area contributed by atoms with Gasteiger partial charge in [-0.05, 0) is 40.9 Å². The van der Waals surface area contributed by atoms with Gasteiger partial charge >= 0.3 is 0 Å². The van der Waals surface area contributed by atoms with E-state index in [-0.39, 0.29) is 5.56 Å². The largest absolute Gasteiger partial charge is 0.334 e. The van der Waals surface area contributed by atoms with Crippen molar-refractivity contribution in [2.24, 2.45) is 0 Å². The van der Waals surface area contributed by atoms with Gasteiger partial charge in [-0.2, -0.15) is 5.26 Å². The van der Waals surface area contributed by atoms with E-state index >= 15 is 0 Å². The lowest BCUT2D eigenvalue weighted by molar-refractivity contribution is 0.0897. The maximum absolute atomic E-state index is 13.7. The highest BCUT2D eigenvalue weighted by Gasteiger charge is 2.34. The molecule has 1 amide bonds. The van der Waals surface area contributed by atoms with Crippen LogP contribution in [-0.2, 0) is 0 Å². The molecule has 19 heavy (non-hydrogen) atoms. The van der Waals surface area contributed by atoms with Crippen LogP contribution in [0.5, 0.6) is 0 Å². The van der Waals surface area contributed by atoms with Gasteiger partial charge in [-0.1, -0.05) is 25.3 Å². The minimum Gasteiger partial charge on any atom is -0.334 e. The van der Waals surface area contributed by atoms with Gasteiger partial charge in [0.25, 0.3) is 5.91 Å². The molecule has 1 aliphatic rings. The molecule has 1 fully saturated rings. The Morgan fingerprint density at radius 1 is 1.37 bits per heavy atom. The number of amides is 1. The molecule has 0 aliphatic heterocycles. The number of hydrogen-bond donors (Lipinski definition) is 1. The molecule has 0 radical (unpaired) electrons. The fraction of sp³-hybridized carbons (Fsp3) is 0.429. The van der Waals surface area contributed by atoms with Crippen molar-refractivity contribution in [1.29, 1.82) is 5.26 Å². The predicted molar refractivity (Wildman–Crippen MR) is 73.0 cm³/mol. The molecule has 0 spiro atoms. The minimum atomic E-state index is -0.850. The quantitative estimate of drug-likeness (QED) is 0.904. The fourth-order valence-corrected chi connectivity index (χ4v) is 2.94. The number of nitriles is 1. The summed E-state index contributed by atoms with van der Waals surface area (Å²) in [5.74, 6) is -1.12. The number of carbonyl (C=O) groups excluding carboxylic acids is 1. The number of rotatable bonds is 2. The summed E-state index contributed by atoms with van der Waals surface area (Å²) in [5, 5.41) is 12.0. The maximum Gasteiger partial charge on any atom is 0.256 e. The highest BCUT2D eigenvalue weighted by Crippen LogP contribution is 2.29. The minimum absolute atomic E-state index is 0.0392. The van der Waals surface area contributed by atoms with E-state index in [0.29, 0.717) is 17.3 Å². The first kappa shape index (κ1) is 14.0. The Balaban J connectivity index is 2.23. The Bertz CT molecular complexity index is 512. The Kier molecular flexibility index (Phi) is 4.20. The predicted octanol–water partition coefficient (Wildman–Crippen LogP) is 3.54. The molecule has 5 heteroatoms. The van der Waals surface area contributed by atoms with Gasteiger partial charge in [0, 0.05) is 4.47 Å². The molecule has 1 aliphatic carbocycles. The van der Waals surface area contributed by atoms with Gasteiger partial charge in [-0.3, -0.25) is 4.79 Å². The number of benzene rings is 1. The second-order valence-electron chi connectivity index (χ2n) is 4.81. The monoisotopic (exact) mass is 324 g/mol. The number of halogens is 2. The first-order valence-corrected chi connectivity index (χ1v) is 7.05. The Labute approximate surface area is 119 Å². The molecule has 1 aromatic carbocycles. The van der Waals surface area contributed by atoms with Crippen molar-refractivity contribution in [3.8, 4) is 6.07 Å². The van der Waals surface area contributed by atoms with Gasteiger partial charge in [-0.15, -0.1) is 0 Å². The lowest BCUT2D eigenvalue weighted by Gasteiger charge is -2.31. The van der Waals surface area contributed by atoms with E-state index in [0.717, 1.165) is 19.3 Å². The molecule has 0 aromatic heterocycles. The summed E-state index contributed by atoms with van der Waals surface area (Å²) in [5.41, 5.74) is -0.889. The Hall–Kier alpha value is -1.41. The highest BCUT2D eigenvalue weighted by atomic mass is 79.9. The van der Waals surface area contributed by atoms with E-state index in [1.54, 1.807) is 6.07 Å². The fourth-order valence-electron chi connectivity index (χ4n) is 2.41. The summed E-state index contributed by atoms with van der Waals surface area (Å²) >= 11 is 3.17. The zero-order valence-electron chi connectivity index (χ0n) is 10.4. The van der Waals surface area contributed by atoms with E-state index in [2.05, 4.69) is 27.3 Å². The van der Waals surface area contributed by atoms with Crippen molar-refractivity contribution < 1.29 is 9.18 Å². The van der Waals surface area contributed by atoms with Gasteiger partial charge in [0.05, 0.1) is 11.6 Å². The van der Waals surface area contributed by atoms with Crippen LogP contribution in [0.2, 0.25) is 0 Å². The zero-order chi connectivity index (χ0) is 13.9. The lowest BCUT2D eigenvalue weighted by atomic mass is 9.82. The molecule has 0 unspecified atom stereocenters. The average Bonchev–Trinajstić information content (AvgIpc) is 2.39. The van der Waals surface area contributed by atoms with E-state index in [4.69, 9.17) is 0 Å². The van der Waals surface area contributed by atoms with Crippen LogP contribution in [0.15, 0.2) is 22.7 Å². The van der Waals surface area contributed by atoms with Crippen LogP contribution in [0.4, 0.5) is 4.39 Å². The zero-order valence-corrected chi connectivity index (χ0v) is 12.0. The normalized spacial score (nSPS) is 17.5. The number of hydrogen-bond acceptors (Lipinski definition) is 2. The van der Waals surface area contributed by atoms with Crippen LogP contribution >= 0.6 is 15.9 Å². The molecule has 0 heterocycles. The van der Waals surface area contributed by atoms with Crippen LogP contribution in [0, 0.1) is 17.1 Å². The lowest BCUT2D eigenvalue weighted by Crippen LogP contribution is -2.48. The average molecular weight is 325 g/mol. The Morgan fingerprint density at radius 3 is 2.63 bits per heavy atom. The first-order chi connectivity index (χ1) is 9.08. The van der Waals surface area contributed by atoms with Crippen LogP contribution in [0.3, 0.4) is 0 Å². The van der Waals surface area contributed by atoms with Crippen molar-refractivity contribution in [2.75, 3.05) is 0 Å². The molecule has 1 aromatic rings. The third-order valence-electron chi connectivity index (χ3n) is 3.46. The standard InChI is InChI=1S/C14H14BrFN2O/c15-10-5-4-6-11(16)12(10)13(19)18-14(9-17)7-2-1-3-8-14/h4-6H,1-3,7-8H2,(H,18,19). The van der Waals surface area contributed by atoms with E-state index in [1.165, 1.54) is 12.1 Å². The molecular formula is C14H14BrFN2O. The molecule has 1 saturated carbocycles. The molecule has 0 saturated heterocycles. The molecular weight excluding hydrogens is 311 g/mol. The summed E-state index contributed by atoms with van der Waals surface area (Å²) in [6, 6.07) is 6.56. The van der Waals surface area contributed by atoms with Gasteiger partial charge in [-0.25, -0.2) is 4.39 Å². The molecule has 0 bridgehead atoms. The van der Waals surface area contributed by atoms with Gasteiger partial charge in [0.1, 0.15) is 11.4 Å². The highest BCUT2D eigenvalue weighted by molar-refractivity contribution is 9.10. The van der Waals surface area contributed by atoms with Crippen molar-refractivity contribution >= 4 is 21.8 Å². The summed E-state index contributed by atoms with van der Waals surface area (Å²) < 4.78 is 14.1. The van der Waals surface area contributed by atoms with E-state index in [1.807, 2.05) is 0 Å². The summed E-state index contributed by atoms with van der Waals surface area (Å²) in [7, 11) is 0. The van der Waals surface area contributed by atoms with Gasteiger partial charge in [0.15, 0.2) is 0 Å². The van der Waals surface area contributed by atoms with E-state index in [9.17, 15) is 14.4 Å². The maximum atomic E-state index is 13.7. The number of nitrogens with zero attached hydrogens (tertiary/aromatic N) is 1. The summed E-state index contributed by atoms with van der Waals surface area (Å²) in [4.78, 5) is 12.2. The van der Waals surface area contributed by atoms with Crippen LogP contribution in [-0.4, -0.2) is 11.4 Å². The SMILES string of the molecule is N#CC1(NC(=O)c2c(F)cccc2Br)CCCCC1. The molecule has 0 atom stereocenters. The third-order valence-corrected chi connectivity index (χ3v) is 4.12. The van der Waals surface area contributed by atoms with Crippen molar-refractivity contribution in [2.45, 2.75) is 37.6 Å².